The fourth-order valence-corrected chi connectivity index (χ4v) is 1.07. The van der Waals surface area contributed by atoms with E-state index in [1.807, 2.05) is 0 Å². The molecule has 5 heteroatoms. The lowest BCUT2D eigenvalue weighted by Gasteiger charge is -2.22. The monoisotopic (exact) mass is 241 g/mol. The van der Waals surface area contributed by atoms with Gasteiger partial charge in [0.1, 0.15) is 11.6 Å². The smallest absolute Gasteiger partial charge is 0.408 e. The molecule has 0 heterocycles. The predicted octanol–water partition coefficient (Wildman–Crippen LogP) is 1.47. The summed E-state index contributed by atoms with van der Waals surface area (Å²) in [5, 5.41) is 2.43. The number of esters is 1. The largest absolute Gasteiger partial charge is 0.467 e. The average Bonchev–Trinajstić information content (AvgIpc) is 2.20. The van der Waals surface area contributed by atoms with Gasteiger partial charge in [-0.25, -0.2) is 9.59 Å². The van der Waals surface area contributed by atoms with Crippen molar-refractivity contribution in [3.8, 4) is 12.3 Å². The minimum atomic E-state index is -0.772. The van der Waals surface area contributed by atoms with Gasteiger partial charge in [0.05, 0.1) is 7.11 Å². The van der Waals surface area contributed by atoms with E-state index in [0.717, 1.165) is 0 Å². The number of methoxy groups -OCH3 is 1. The zero-order valence-corrected chi connectivity index (χ0v) is 10.7. The Balaban J connectivity index is 4.38. The number of carbonyl (C=O) groups excluding carboxylic acids is 2. The molecule has 1 amide bonds. The summed E-state index contributed by atoms with van der Waals surface area (Å²) in [5.41, 5.74) is -0.614. The highest BCUT2D eigenvalue weighted by Crippen LogP contribution is 2.08. The lowest BCUT2D eigenvalue weighted by Crippen LogP contribution is -2.43. The van der Waals surface area contributed by atoms with Gasteiger partial charge in [-0.3, -0.25) is 0 Å². The Hall–Kier alpha value is -1.70. The average molecular weight is 241 g/mol. The van der Waals surface area contributed by atoms with Crippen LogP contribution in [0.3, 0.4) is 0 Å². The number of hydrogen-bond donors (Lipinski definition) is 1. The van der Waals surface area contributed by atoms with Gasteiger partial charge in [0.2, 0.25) is 0 Å². The second-order valence-corrected chi connectivity index (χ2v) is 4.46. The first-order valence-corrected chi connectivity index (χ1v) is 5.31. The summed E-state index contributed by atoms with van der Waals surface area (Å²) in [6, 6.07) is -0.772. The summed E-state index contributed by atoms with van der Waals surface area (Å²) in [6.07, 6.45) is 5.14. The highest BCUT2D eigenvalue weighted by Gasteiger charge is 2.24. The van der Waals surface area contributed by atoms with Crippen molar-refractivity contribution in [2.75, 3.05) is 7.11 Å². The second-order valence-electron chi connectivity index (χ2n) is 4.46. The van der Waals surface area contributed by atoms with Crippen molar-refractivity contribution in [2.45, 2.75) is 45.3 Å². The van der Waals surface area contributed by atoms with E-state index >= 15 is 0 Å². The maximum Gasteiger partial charge on any atom is 0.408 e. The molecule has 0 bridgehead atoms. The van der Waals surface area contributed by atoms with E-state index in [2.05, 4.69) is 16.0 Å². The van der Waals surface area contributed by atoms with Crippen molar-refractivity contribution in [1.29, 1.82) is 0 Å². The highest BCUT2D eigenvalue weighted by atomic mass is 16.6. The molecule has 0 aliphatic rings. The number of terminal acetylenes is 1. The molecule has 0 aromatic rings. The van der Waals surface area contributed by atoms with Crippen LogP contribution in [0.5, 0.6) is 0 Å². The molecule has 0 unspecified atom stereocenters. The number of ether oxygens (including phenoxy) is 2. The maximum atomic E-state index is 11.5. The van der Waals surface area contributed by atoms with E-state index in [9.17, 15) is 9.59 Å². The zero-order valence-electron chi connectivity index (χ0n) is 10.7. The maximum absolute atomic E-state index is 11.5. The van der Waals surface area contributed by atoms with Crippen molar-refractivity contribution in [3.63, 3.8) is 0 Å². The lowest BCUT2D eigenvalue weighted by atomic mass is 10.1. The summed E-state index contributed by atoms with van der Waals surface area (Å²) >= 11 is 0. The molecule has 0 aliphatic carbocycles. The summed E-state index contributed by atoms with van der Waals surface area (Å²) in [5.74, 6) is 1.86. The van der Waals surface area contributed by atoms with Gasteiger partial charge in [0, 0.05) is 6.42 Å². The van der Waals surface area contributed by atoms with Gasteiger partial charge in [-0.05, 0) is 27.2 Å². The first kappa shape index (κ1) is 15.3. The molecule has 5 nitrogen and oxygen atoms in total. The quantitative estimate of drug-likeness (QED) is 0.598. The van der Waals surface area contributed by atoms with Crippen LogP contribution in [-0.2, 0) is 14.3 Å². The molecule has 0 saturated heterocycles. The Morgan fingerprint density at radius 2 is 2.00 bits per heavy atom. The van der Waals surface area contributed by atoms with Gasteiger partial charge in [-0.2, -0.15) is 0 Å². The standard InChI is InChI=1S/C12H19NO4/c1-6-7-8-9(10(14)16-5)13-11(15)17-12(2,3)4/h1,9H,7-8H2,2-5H3,(H,13,15)/t9-/m0/s1. The molecule has 0 aromatic heterocycles. The topological polar surface area (TPSA) is 64.6 Å². The first-order chi connectivity index (χ1) is 7.80. The third kappa shape index (κ3) is 7.23. The van der Waals surface area contributed by atoms with Crippen molar-refractivity contribution >= 4 is 12.1 Å². The number of carbonyl (C=O) groups is 2. The van der Waals surface area contributed by atoms with Crippen LogP contribution in [0.25, 0.3) is 0 Å². The van der Waals surface area contributed by atoms with Gasteiger partial charge in [-0.1, -0.05) is 0 Å². The van der Waals surface area contributed by atoms with Crippen molar-refractivity contribution < 1.29 is 19.1 Å². The van der Waals surface area contributed by atoms with Crippen LogP contribution in [0.2, 0.25) is 0 Å². The predicted molar refractivity (Wildman–Crippen MR) is 63.2 cm³/mol. The van der Waals surface area contributed by atoms with Crippen molar-refractivity contribution in [1.82, 2.24) is 5.32 Å². The minimum absolute atomic E-state index is 0.322. The minimum Gasteiger partial charge on any atom is -0.467 e. The molecule has 17 heavy (non-hydrogen) atoms. The fourth-order valence-electron chi connectivity index (χ4n) is 1.07. The Morgan fingerprint density at radius 3 is 2.41 bits per heavy atom. The summed E-state index contributed by atoms with van der Waals surface area (Å²) < 4.78 is 9.60. The Kier molecular flexibility index (Phi) is 6.11. The number of hydrogen-bond acceptors (Lipinski definition) is 4. The summed E-state index contributed by atoms with van der Waals surface area (Å²) in [7, 11) is 1.25. The van der Waals surface area contributed by atoms with Gasteiger partial charge in [0.15, 0.2) is 0 Å². The Labute approximate surface area is 102 Å². The molecule has 0 spiro atoms. The molecule has 1 N–H and O–H groups in total. The van der Waals surface area contributed by atoms with E-state index in [-0.39, 0.29) is 0 Å². The number of amides is 1. The first-order valence-electron chi connectivity index (χ1n) is 5.31. The van der Waals surface area contributed by atoms with Gasteiger partial charge < -0.3 is 14.8 Å². The van der Waals surface area contributed by atoms with Crippen molar-refractivity contribution in [3.05, 3.63) is 0 Å². The molecule has 1 atom stereocenters. The molecular formula is C12H19NO4. The van der Waals surface area contributed by atoms with E-state index in [4.69, 9.17) is 11.2 Å². The van der Waals surface area contributed by atoms with Crippen LogP contribution in [0, 0.1) is 12.3 Å². The Bertz CT molecular complexity index is 311. The molecule has 0 fully saturated rings. The lowest BCUT2D eigenvalue weighted by molar-refractivity contribution is -0.143. The molecule has 0 rings (SSSR count). The SMILES string of the molecule is C#CCC[C@H](NC(=O)OC(C)(C)C)C(=O)OC. The van der Waals surface area contributed by atoms with Crippen LogP contribution in [0.4, 0.5) is 4.79 Å². The van der Waals surface area contributed by atoms with E-state index in [0.29, 0.717) is 12.8 Å². The van der Waals surface area contributed by atoms with Crippen LogP contribution >= 0.6 is 0 Å². The normalized spacial score (nSPS) is 12.2. The van der Waals surface area contributed by atoms with Gasteiger partial charge in [0.25, 0.3) is 0 Å². The van der Waals surface area contributed by atoms with E-state index < -0.39 is 23.7 Å². The third-order valence-electron chi connectivity index (χ3n) is 1.75. The molecule has 96 valence electrons. The van der Waals surface area contributed by atoms with E-state index in [1.165, 1.54) is 7.11 Å². The van der Waals surface area contributed by atoms with Crippen LogP contribution < -0.4 is 5.32 Å². The van der Waals surface area contributed by atoms with Gasteiger partial charge >= 0.3 is 12.1 Å². The second kappa shape index (κ2) is 6.79. The summed E-state index contributed by atoms with van der Waals surface area (Å²) in [6.45, 7) is 5.21. The van der Waals surface area contributed by atoms with Crippen molar-refractivity contribution in [2.24, 2.45) is 0 Å². The zero-order chi connectivity index (χ0) is 13.5. The third-order valence-corrected chi connectivity index (χ3v) is 1.75. The highest BCUT2D eigenvalue weighted by molar-refractivity contribution is 5.81. The van der Waals surface area contributed by atoms with Crippen LogP contribution in [0.1, 0.15) is 33.6 Å². The fraction of sp³-hybridized carbons (Fsp3) is 0.667. The van der Waals surface area contributed by atoms with E-state index in [1.54, 1.807) is 20.8 Å². The number of rotatable bonds is 4. The Morgan fingerprint density at radius 1 is 1.41 bits per heavy atom. The molecule has 0 radical (unpaired) electrons. The van der Waals surface area contributed by atoms with Crippen LogP contribution in [-0.4, -0.2) is 30.8 Å². The molecule has 0 aromatic carbocycles. The van der Waals surface area contributed by atoms with Gasteiger partial charge in [-0.15, -0.1) is 12.3 Å². The number of nitrogens with one attached hydrogen (secondary N) is 1. The molecule has 0 saturated carbocycles. The molecular weight excluding hydrogens is 222 g/mol. The summed E-state index contributed by atoms with van der Waals surface area (Å²) in [4.78, 5) is 22.8. The molecule has 0 aliphatic heterocycles. The number of alkyl carbamates (subject to hydrolysis) is 1. The van der Waals surface area contributed by atoms with Crippen LogP contribution in [0.15, 0.2) is 0 Å².